The highest BCUT2D eigenvalue weighted by molar-refractivity contribution is 7.10. The zero-order valence-electron chi connectivity index (χ0n) is 14.9. The van der Waals surface area contributed by atoms with Crippen molar-refractivity contribution in [2.45, 2.75) is 44.7 Å². The number of carbonyl (C=O) groups excluding carboxylic acids is 1. The Bertz CT molecular complexity index is 727. The number of rotatable bonds is 4. The van der Waals surface area contributed by atoms with E-state index < -0.39 is 0 Å². The summed E-state index contributed by atoms with van der Waals surface area (Å²) in [5, 5.41) is 2.17. The van der Waals surface area contributed by atoms with Gasteiger partial charge in [-0.25, -0.2) is 0 Å². The summed E-state index contributed by atoms with van der Waals surface area (Å²) in [6.45, 7) is 4.64. The van der Waals surface area contributed by atoms with Crippen LogP contribution >= 0.6 is 11.3 Å². The Morgan fingerprint density at radius 3 is 2.84 bits per heavy atom. The van der Waals surface area contributed by atoms with Gasteiger partial charge in [-0.2, -0.15) is 0 Å². The van der Waals surface area contributed by atoms with Crippen LogP contribution in [-0.2, 0) is 11.2 Å². The fourth-order valence-corrected chi connectivity index (χ4v) is 5.40. The Hall–Kier alpha value is -1.65. The van der Waals surface area contributed by atoms with Crippen molar-refractivity contribution >= 4 is 17.2 Å². The van der Waals surface area contributed by atoms with E-state index in [1.165, 1.54) is 22.4 Å². The third-order valence-corrected chi connectivity index (χ3v) is 6.68. The molecular formula is C21H26N2OS. The first-order valence-corrected chi connectivity index (χ1v) is 10.3. The van der Waals surface area contributed by atoms with E-state index in [0.29, 0.717) is 18.5 Å². The fourth-order valence-electron chi connectivity index (χ4n) is 4.47. The molecule has 2 aliphatic rings. The maximum absolute atomic E-state index is 13.1. The van der Waals surface area contributed by atoms with Crippen molar-refractivity contribution in [3.8, 4) is 0 Å². The summed E-state index contributed by atoms with van der Waals surface area (Å²) in [6, 6.07) is 13.5. The van der Waals surface area contributed by atoms with Gasteiger partial charge in [-0.15, -0.1) is 11.3 Å². The third kappa shape index (κ3) is 3.25. The van der Waals surface area contributed by atoms with Crippen LogP contribution in [0.5, 0.6) is 0 Å². The van der Waals surface area contributed by atoms with Crippen molar-refractivity contribution in [3.63, 3.8) is 0 Å². The normalized spacial score (nSPS) is 23.6. The fraction of sp³-hybridized carbons (Fsp3) is 0.476. The van der Waals surface area contributed by atoms with Gasteiger partial charge in [0.15, 0.2) is 0 Å². The lowest BCUT2D eigenvalue weighted by Gasteiger charge is -2.37. The number of hydrogen-bond acceptors (Lipinski definition) is 3. The Morgan fingerprint density at radius 2 is 2.04 bits per heavy atom. The second-order valence-corrected chi connectivity index (χ2v) is 8.10. The van der Waals surface area contributed by atoms with E-state index >= 15 is 0 Å². The van der Waals surface area contributed by atoms with Crippen molar-refractivity contribution in [2.75, 3.05) is 19.6 Å². The number of carbonyl (C=O) groups is 1. The highest BCUT2D eigenvalue weighted by Gasteiger charge is 2.33. The van der Waals surface area contributed by atoms with E-state index in [1.54, 1.807) is 0 Å². The highest BCUT2D eigenvalue weighted by atomic mass is 32.1. The molecule has 1 saturated heterocycles. The lowest BCUT2D eigenvalue weighted by atomic mass is 9.97. The summed E-state index contributed by atoms with van der Waals surface area (Å²) in [4.78, 5) is 19.1. The van der Waals surface area contributed by atoms with Crippen LogP contribution in [0.1, 0.15) is 54.3 Å². The number of fused-ring (bicyclic) bond motifs is 1. The molecule has 4 rings (SSSR count). The van der Waals surface area contributed by atoms with E-state index in [0.717, 1.165) is 32.4 Å². The zero-order chi connectivity index (χ0) is 17.2. The zero-order valence-corrected chi connectivity index (χ0v) is 15.7. The molecule has 25 heavy (non-hydrogen) atoms. The van der Waals surface area contributed by atoms with Crippen molar-refractivity contribution in [2.24, 2.45) is 0 Å². The van der Waals surface area contributed by atoms with Gasteiger partial charge < -0.3 is 4.90 Å². The van der Waals surface area contributed by atoms with Crippen LogP contribution in [-0.4, -0.2) is 35.3 Å². The molecule has 1 aromatic carbocycles. The average Bonchev–Trinajstić information content (AvgIpc) is 3.30. The maximum Gasteiger partial charge on any atom is 0.237 e. The monoisotopic (exact) mass is 354 g/mol. The predicted molar refractivity (Wildman–Crippen MR) is 103 cm³/mol. The summed E-state index contributed by atoms with van der Waals surface area (Å²) in [5.41, 5.74) is 2.73. The Balaban J connectivity index is 1.48. The van der Waals surface area contributed by atoms with Gasteiger partial charge >= 0.3 is 0 Å². The molecule has 1 fully saturated rings. The van der Waals surface area contributed by atoms with Gasteiger partial charge in [0.1, 0.15) is 0 Å². The first kappa shape index (κ1) is 16.8. The smallest absolute Gasteiger partial charge is 0.237 e. The molecule has 2 atom stereocenters. The Labute approximate surface area is 154 Å². The first-order chi connectivity index (χ1) is 12.3. The van der Waals surface area contributed by atoms with Crippen molar-refractivity contribution in [1.29, 1.82) is 0 Å². The van der Waals surface area contributed by atoms with Gasteiger partial charge in [0.25, 0.3) is 0 Å². The molecular weight excluding hydrogens is 328 g/mol. The molecule has 132 valence electrons. The molecule has 0 spiro atoms. The molecule has 0 N–H and O–H groups in total. The molecule has 2 aliphatic heterocycles. The number of hydrogen-bond donors (Lipinski definition) is 0. The molecule has 1 aromatic heterocycles. The molecule has 0 bridgehead atoms. The summed E-state index contributed by atoms with van der Waals surface area (Å²) in [7, 11) is 0. The second-order valence-electron chi connectivity index (χ2n) is 7.10. The van der Waals surface area contributed by atoms with Crippen LogP contribution in [0.2, 0.25) is 0 Å². The number of likely N-dealkylation sites (tertiary alicyclic amines) is 1. The molecule has 3 heterocycles. The lowest BCUT2D eigenvalue weighted by Crippen LogP contribution is -2.44. The quantitative estimate of drug-likeness (QED) is 0.811. The SMILES string of the molecule is CCC1c2ccsc2CCN1C(=O)CN1CCCC1c1ccccc1. The van der Waals surface area contributed by atoms with Gasteiger partial charge in [-0.1, -0.05) is 37.3 Å². The number of benzene rings is 1. The van der Waals surface area contributed by atoms with Gasteiger partial charge in [0.2, 0.25) is 5.91 Å². The van der Waals surface area contributed by atoms with Crippen LogP contribution < -0.4 is 0 Å². The molecule has 0 aliphatic carbocycles. The van der Waals surface area contributed by atoms with Gasteiger partial charge in [-0.3, -0.25) is 9.69 Å². The standard InChI is InChI=1S/C21H26N2OS/c1-2-18-17-11-14-25-20(17)10-13-23(18)21(24)15-22-12-6-9-19(22)16-7-4-3-5-8-16/h3-5,7-8,11,14,18-19H,2,6,9-10,12-13,15H2,1H3. The summed E-state index contributed by atoms with van der Waals surface area (Å²) < 4.78 is 0. The van der Waals surface area contributed by atoms with E-state index in [1.807, 2.05) is 11.3 Å². The van der Waals surface area contributed by atoms with Crippen molar-refractivity contribution in [1.82, 2.24) is 9.80 Å². The average molecular weight is 355 g/mol. The van der Waals surface area contributed by atoms with E-state index in [9.17, 15) is 4.79 Å². The highest BCUT2D eigenvalue weighted by Crippen LogP contribution is 2.36. The molecule has 3 nitrogen and oxygen atoms in total. The van der Waals surface area contributed by atoms with Crippen LogP contribution in [0.15, 0.2) is 41.8 Å². The minimum absolute atomic E-state index is 0.264. The number of nitrogens with zero attached hydrogens (tertiary/aromatic N) is 2. The van der Waals surface area contributed by atoms with Crippen LogP contribution in [0.3, 0.4) is 0 Å². The van der Waals surface area contributed by atoms with E-state index in [-0.39, 0.29) is 6.04 Å². The minimum atomic E-state index is 0.264. The third-order valence-electron chi connectivity index (χ3n) is 5.69. The van der Waals surface area contributed by atoms with E-state index in [4.69, 9.17) is 0 Å². The first-order valence-electron chi connectivity index (χ1n) is 9.42. The molecule has 2 aromatic rings. The molecule has 0 saturated carbocycles. The number of thiophene rings is 1. The van der Waals surface area contributed by atoms with Gasteiger partial charge in [-0.05, 0) is 54.8 Å². The Kier molecular flexibility index (Phi) is 4.91. The number of amides is 1. The molecule has 2 unspecified atom stereocenters. The van der Waals surface area contributed by atoms with Crippen molar-refractivity contribution < 1.29 is 4.79 Å². The van der Waals surface area contributed by atoms with Crippen LogP contribution in [0.4, 0.5) is 0 Å². The molecule has 4 heteroatoms. The van der Waals surface area contributed by atoms with Crippen LogP contribution in [0, 0.1) is 0 Å². The van der Waals surface area contributed by atoms with Crippen molar-refractivity contribution in [3.05, 3.63) is 57.8 Å². The predicted octanol–water partition coefficient (Wildman–Crippen LogP) is 4.42. The summed E-state index contributed by atoms with van der Waals surface area (Å²) >= 11 is 1.84. The van der Waals surface area contributed by atoms with Gasteiger partial charge in [0.05, 0.1) is 12.6 Å². The maximum atomic E-state index is 13.1. The topological polar surface area (TPSA) is 23.6 Å². The van der Waals surface area contributed by atoms with E-state index in [2.05, 4.69) is 58.5 Å². The van der Waals surface area contributed by atoms with Crippen LogP contribution in [0.25, 0.3) is 0 Å². The second kappa shape index (κ2) is 7.30. The molecule has 1 amide bonds. The lowest BCUT2D eigenvalue weighted by molar-refractivity contribution is -0.135. The van der Waals surface area contributed by atoms with Gasteiger partial charge in [0, 0.05) is 17.5 Å². The Morgan fingerprint density at radius 1 is 1.20 bits per heavy atom. The molecule has 0 radical (unpaired) electrons. The largest absolute Gasteiger partial charge is 0.334 e. The summed E-state index contributed by atoms with van der Waals surface area (Å²) in [6.07, 6.45) is 4.34. The minimum Gasteiger partial charge on any atom is -0.334 e. The summed E-state index contributed by atoms with van der Waals surface area (Å²) in [5.74, 6) is 0.298.